The molecule has 3 rings (SSSR count). The molecule has 0 bridgehead atoms. The Morgan fingerprint density at radius 2 is 2.29 bits per heavy atom. The van der Waals surface area contributed by atoms with E-state index < -0.39 is 0 Å². The van der Waals surface area contributed by atoms with E-state index in [2.05, 4.69) is 23.4 Å². The third-order valence-corrected chi connectivity index (χ3v) is 5.06. The highest BCUT2D eigenvalue weighted by molar-refractivity contribution is 7.10. The molecule has 1 atom stereocenters. The Balaban J connectivity index is 1.89. The second-order valence-electron chi connectivity index (χ2n) is 5.33. The van der Waals surface area contributed by atoms with Crippen LogP contribution in [0.2, 0.25) is 0 Å². The Hall–Kier alpha value is -1.88. The number of hydrogen-bond donors (Lipinski definition) is 1. The summed E-state index contributed by atoms with van der Waals surface area (Å²) in [6.45, 7) is 4.34. The smallest absolute Gasteiger partial charge is 0.270 e. The fourth-order valence-corrected chi connectivity index (χ4v) is 3.88. The molecule has 0 spiro atoms. The van der Waals surface area contributed by atoms with E-state index in [0.29, 0.717) is 11.3 Å². The maximum atomic E-state index is 12.7. The molecule has 1 unspecified atom stereocenters. The van der Waals surface area contributed by atoms with Gasteiger partial charge in [-0.1, -0.05) is 6.92 Å². The number of rotatable bonds is 3. The van der Waals surface area contributed by atoms with Crippen molar-refractivity contribution in [2.75, 3.05) is 6.54 Å². The van der Waals surface area contributed by atoms with E-state index in [9.17, 15) is 9.59 Å². The predicted octanol–water partition coefficient (Wildman–Crippen LogP) is 3.43. The molecule has 0 aliphatic carbocycles. The van der Waals surface area contributed by atoms with E-state index in [1.54, 1.807) is 23.6 Å². The fraction of sp³-hybridized carbons (Fsp3) is 0.375. The molecule has 3 heterocycles. The second-order valence-corrected chi connectivity index (χ2v) is 6.33. The van der Waals surface area contributed by atoms with Gasteiger partial charge < -0.3 is 9.88 Å². The van der Waals surface area contributed by atoms with Gasteiger partial charge >= 0.3 is 0 Å². The lowest BCUT2D eigenvalue weighted by molar-refractivity contribution is 0.0652. The van der Waals surface area contributed by atoms with Crippen molar-refractivity contribution in [1.29, 1.82) is 0 Å². The Bertz CT molecular complexity index is 686. The van der Waals surface area contributed by atoms with E-state index in [4.69, 9.17) is 0 Å². The molecule has 21 heavy (non-hydrogen) atoms. The maximum Gasteiger partial charge on any atom is 0.270 e. The van der Waals surface area contributed by atoms with Crippen LogP contribution in [0, 0.1) is 0 Å². The highest BCUT2D eigenvalue weighted by atomic mass is 32.1. The van der Waals surface area contributed by atoms with Crippen LogP contribution >= 0.6 is 11.3 Å². The second kappa shape index (κ2) is 5.48. The minimum absolute atomic E-state index is 0.0220. The molecule has 1 N–H and O–H groups in total. The largest absolute Gasteiger partial charge is 0.356 e. The number of nitrogens with one attached hydrogen (secondary N) is 1. The van der Waals surface area contributed by atoms with Crippen LogP contribution in [0.15, 0.2) is 23.7 Å². The first-order valence-corrected chi connectivity index (χ1v) is 8.06. The molecule has 5 heteroatoms. The number of aromatic amines is 1. The summed E-state index contributed by atoms with van der Waals surface area (Å²) in [6.07, 6.45) is 3.42. The number of amides is 1. The third-order valence-electron chi connectivity index (χ3n) is 4.06. The summed E-state index contributed by atoms with van der Waals surface area (Å²) in [5.74, 6) is -0.0534. The number of carbonyl (C=O) groups excluding carboxylic acids is 2. The molecule has 4 nitrogen and oxygen atoms in total. The molecular weight excluding hydrogens is 284 g/mol. The first-order valence-electron chi connectivity index (χ1n) is 7.18. The average Bonchev–Trinajstić information content (AvgIpc) is 3.13. The molecule has 1 amide bonds. The lowest BCUT2D eigenvalue weighted by atomic mass is 9.97. The Kier molecular flexibility index (Phi) is 3.68. The van der Waals surface area contributed by atoms with Crippen molar-refractivity contribution in [2.24, 2.45) is 0 Å². The van der Waals surface area contributed by atoms with Crippen LogP contribution in [0.25, 0.3) is 0 Å². The van der Waals surface area contributed by atoms with Crippen LogP contribution in [0.3, 0.4) is 0 Å². The SMILES string of the molecule is CCC1c2ccsc2CCN1C(=O)c1cc(C(C)=O)c[nH]1. The number of hydrogen-bond acceptors (Lipinski definition) is 3. The van der Waals surface area contributed by atoms with Gasteiger partial charge in [0, 0.05) is 23.2 Å². The number of ketones is 1. The van der Waals surface area contributed by atoms with Crippen LogP contribution in [-0.4, -0.2) is 28.1 Å². The van der Waals surface area contributed by atoms with Crippen LogP contribution in [-0.2, 0) is 6.42 Å². The van der Waals surface area contributed by atoms with Gasteiger partial charge in [0.15, 0.2) is 5.78 Å². The molecule has 2 aromatic rings. The first-order chi connectivity index (χ1) is 10.1. The highest BCUT2D eigenvalue weighted by Gasteiger charge is 2.31. The monoisotopic (exact) mass is 302 g/mol. The van der Waals surface area contributed by atoms with Crippen molar-refractivity contribution in [3.05, 3.63) is 45.4 Å². The zero-order chi connectivity index (χ0) is 15.0. The molecule has 2 aromatic heterocycles. The van der Waals surface area contributed by atoms with Crippen LogP contribution in [0.4, 0.5) is 0 Å². The lowest BCUT2D eigenvalue weighted by Gasteiger charge is -2.35. The van der Waals surface area contributed by atoms with Gasteiger partial charge in [0.1, 0.15) is 5.69 Å². The molecular formula is C16H18N2O2S. The third kappa shape index (κ3) is 2.42. The van der Waals surface area contributed by atoms with Gasteiger partial charge in [0.05, 0.1) is 6.04 Å². The number of Topliss-reactive ketones (excluding diaryl/α,β-unsaturated/α-hetero) is 1. The normalized spacial score (nSPS) is 17.6. The summed E-state index contributed by atoms with van der Waals surface area (Å²) in [4.78, 5) is 30.3. The number of carbonyl (C=O) groups is 2. The Morgan fingerprint density at radius 1 is 1.48 bits per heavy atom. The van der Waals surface area contributed by atoms with E-state index in [-0.39, 0.29) is 17.7 Å². The van der Waals surface area contributed by atoms with Gasteiger partial charge in [0.25, 0.3) is 5.91 Å². The zero-order valence-corrected chi connectivity index (χ0v) is 13.0. The van der Waals surface area contributed by atoms with Crippen molar-refractivity contribution >= 4 is 23.0 Å². The minimum Gasteiger partial charge on any atom is -0.356 e. The van der Waals surface area contributed by atoms with Crippen LogP contribution in [0.1, 0.15) is 57.6 Å². The molecule has 1 aliphatic rings. The van der Waals surface area contributed by atoms with Gasteiger partial charge in [0.2, 0.25) is 0 Å². The van der Waals surface area contributed by atoms with E-state index in [1.807, 2.05) is 4.90 Å². The number of fused-ring (bicyclic) bond motifs is 1. The minimum atomic E-state index is -0.0314. The zero-order valence-electron chi connectivity index (χ0n) is 12.2. The van der Waals surface area contributed by atoms with Crippen molar-refractivity contribution in [3.8, 4) is 0 Å². The van der Waals surface area contributed by atoms with Crippen LogP contribution in [0.5, 0.6) is 0 Å². The molecule has 0 fully saturated rings. The van der Waals surface area contributed by atoms with E-state index >= 15 is 0 Å². The summed E-state index contributed by atoms with van der Waals surface area (Å²) in [5.41, 5.74) is 2.33. The molecule has 0 saturated heterocycles. The predicted molar refractivity (Wildman–Crippen MR) is 82.9 cm³/mol. The van der Waals surface area contributed by atoms with Crippen molar-refractivity contribution in [3.63, 3.8) is 0 Å². The Labute approximate surface area is 127 Å². The number of nitrogens with zero attached hydrogens (tertiary/aromatic N) is 1. The number of aromatic nitrogens is 1. The molecule has 0 aromatic carbocycles. The molecule has 0 saturated carbocycles. The number of thiophene rings is 1. The molecule has 1 aliphatic heterocycles. The van der Waals surface area contributed by atoms with Crippen molar-refractivity contribution in [1.82, 2.24) is 9.88 Å². The molecule has 110 valence electrons. The highest BCUT2D eigenvalue weighted by Crippen LogP contribution is 2.35. The topological polar surface area (TPSA) is 53.2 Å². The maximum absolute atomic E-state index is 12.7. The van der Waals surface area contributed by atoms with Gasteiger partial charge in [-0.3, -0.25) is 9.59 Å². The summed E-state index contributed by atoms with van der Waals surface area (Å²) in [5, 5.41) is 2.10. The quantitative estimate of drug-likeness (QED) is 0.883. The first kappa shape index (κ1) is 14.1. The fourth-order valence-electron chi connectivity index (χ4n) is 2.96. The van der Waals surface area contributed by atoms with E-state index in [0.717, 1.165) is 19.4 Å². The van der Waals surface area contributed by atoms with Gasteiger partial charge in [-0.15, -0.1) is 11.3 Å². The van der Waals surface area contributed by atoms with Gasteiger partial charge in [-0.2, -0.15) is 0 Å². The summed E-state index contributed by atoms with van der Waals surface area (Å²) in [6, 6.07) is 3.92. The van der Waals surface area contributed by atoms with Crippen molar-refractivity contribution < 1.29 is 9.59 Å². The van der Waals surface area contributed by atoms with E-state index in [1.165, 1.54) is 17.4 Å². The summed E-state index contributed by atoms with van der Waals surface area (Å²) >= 11 is 1.77. The summed E-state index contributed by atoms with van der Waals surface area (Å²) in [7, 11) is 0. The lowest BCUT2D eigenvalue weighted by Crippen LogP contribution is -2.39. The Morgan fingerprint density at radius 3 is 2.95 bits per heavy atom. The molecule has 0 radical (unpaired) electrons. The van der Waals surface area contributed by atoms with Gasteiger partial charge in [-0.05, 0) is 42.8 Å². The van der Waals surface area contributed by atoms with Crippen molar-refractivity contribution in [2.45, 2.75) is 32.7 Å². The number of H-pyrrole nitrogens is 1. The average molecular weight is 302 g/mol. The van der Waals surface area contributed by atoms with Gasteiger partial charge in [-0.25, -0.2) is 0 Å². The standard InChI is InChI=1S/C16H18N2O2S/c1-3-14-12-5-7-21-15(12)4-6-18(14)16(20)13-8-11(9-17-13)10(2)19/h5,7-9,14,17H,3-4,6H2,1-2H3. The summed E-state index contributed by atoms with van der Waals surface area (Å²) < 4.78 is 0. The van der Waals surface area contributed by atoms with Crippen LogP contribution < -0.4 is 0 Å².